The van der Waals surface area contributed by atoms with Crippen LogP contribution in [0.1, 0.15) is 11.6 Å². The number of nitrogens with zero attached hydrogens (tertiary/aromatic N) is 2. The number of para-hydroxylation sites is 1. The fourth-order valence-corrected chi connectivity index (χ4v) is 4.94. The molecule has 2 heterocycles. The summed E-state index contributed by atoms with van der Waals surface area (Å²) in [7, 11) is -1.27. The van der Waals surface area contributed by atoms with Crippen molar-refractivity contribution in [2.45, 2.75) is 37.9 Å². The van der Waals surface area contributed by atoms with Crippen molar-refractivity contribution < 1.29 is 22.7 Å². The number of halogens is 3. The standard InChI is InChI=1S/C24H29F3N4O2Si/c1-34(2,3)11-10-33-15-31-22-18-9-8-16(17-6-4-5-7-20(17)28)12-21(18)30(14-24(25,26)27)23(32)19(22)13-29-31/h4-9,12-13,22,29H,10-11,14-15,28H2,1-3H3. The molecule has 0 spiro atoms. The molecule has 2 aliphatic heterocycles. The molecule has 0 radical (unpaired) electrons. The normalized spacial score (nSPS) is 18.4. The predicted molar refractivity (Wildman–Crippen MR) is 129 cm³/mol. The summed E-state index contributed by atoms with van der Waals surface area (Å²) in [6.07, 6.45) is -3.07. The van der Waals surface area contributed by atoms with Gasteiger partial charge in [0, 0.05) is 32.1 Å². The van der Waals surface area contributed by atoms with Crippen molar-refractivity contribution in [3.8, 4) is 11.1 Å². The second-order valence-electron chi connectivity index (χ2n) is 9.82. The monoisotopic (exact) mass is 490 g/mol. The third-order valence-corrected chi connectivity index (χ3v) is 7.64. The van der Waals surface area contributed by atoms with Crippen LogP contribution in [-0.2, 0) is 9.53 Å². The number of anilines is 2. The summed E-state index contributed by atoms with van der Waals surface area (Å²) in [6.45, 7) is 6.19. The van der Waals surface area contributed by atoms with Crippen molar-refractivity contribution in [2.24, 2.45) is 0 Å². The molecule has 0 aromatic heterocycles. The van der Waals surface area contributed by atoms with Gasteiger partial charge in [-0.05, 0) is 29.3 Å². The van der Waals surface area contributed by atoms with Crippen molar-refractivity contribution >= 4 is 25.4 Å². The van der Waals surface area contributed by atoms with E-state index in [1.54, 1.807) is 35.3 Å². The van der Waals surface area contributed by atoms with Gasteiger partial charge in [-0.3, -0.25) is 9.69 Å². The van der Waals surface area contributed by atoms with Gasteiger partial charge in [-0.2, -0.15) is 18.2 Å². The van der Waals surface area contributed by atoms with Crippen LogP contribution in [0.2, 0.25) is 25.7 Å². The van der Waals surface area contributed by atoms with Crippen LogP contribution in [0.3, 0.4) is 0 Å². The fourth-order valence-electron chi connectivity index (χ4n) is 4.18. The highest BCUT2D eigenvalue weighted by atomic mass is 28.3. The van der Waals surface area contributed by atoms with Crippen LogP contribution in [0.4, 0.5) is 24.5 Å². The van der Waals surface area contributed by atoms with E-state index in [1.165, 1.54) is 6.20 Å². The molecule has 1 amide bonds. The van der Waals surface area contributed by atoms with E-state index in [2.05, 4.69) is 25.1 Å². The Bertz CT molecular complexity index is 1110. The van der Waals surface area contributed by atoms with Gasteiger partial charge in [-0.1, -0.05) is 50.0 Å². The number of hydrogen-bond donors (Lipinski definition) is 2. The van der Waals surface area contributed by atoms with E-state index in [4.69, 9.17) is 10.5 Å². The van der Waals surface area contributed by atoms with E-state index in [0.29, 0.717) is 29.0 Å². The van der Waals surface area contributed by atoms with E-state index in [0.717, 1.165) is 10.9 Å². The maximum Gasteiger partial charge on any atom is 0.406 e. The first-order valence-electron chi connectivity index (χ1n) is 11.1. The molecule has 2 aliphatic rings. The molecule has 1 unspecified atom stereocenters. The number of nitrogens with two attached hydrogens (primary N) is 1. The molecule has 10 heteroatoms. The molecular weight excluding hydrogens is 461 g/mol. The van der Waals surface area contributed by atoms with Crippen LogP contribution in [0.5, 0.6) is 0 Å². The Morgan fingerprint density at radius 2 is 1.88 bits per heavy atom. The molecule has 34 heavy (non-hydrogen) atoms. The molecule has 3 N–H and O–H groups in total. The van der Waals surface area contributed by atoms with Crippen molar-refractivity contribution in [1.82, 2.24) is 10.4 Å². The van der Waals surface area contributed by atoms with E-state index < -0.39 is 32.7 Å². The number of fused-ring (bicyclic) bond motifs is 3. The molecule has 1 atom stereocenters. The molecular formula is C24H29F3N4O2Si. The molecule has 0 fully saturated rings. The van der Waals surface area contributed by atoms with Gasteiger partial charge in [0.15, 0.2) is 0 Å². The number of benzene rings is 2. The summed E-state index contributed by atoms with van der Waals surface area (Å²) in [4.78, 5) is 14.0. The van der Waals surface area contributed by atoms with Crippen LogP contribution in [0, 0.1) is 0 Å². The molecule has 0 aliphatic carbocycles. The van der Waals surface area contributed by atoms with Gasteiger partial charge in [0.2, 0.25) is 0 Å². The van der Waals surface area contributed by atoms with Gasteiger partial charge >= 0.3 is 6.18 Å². The van der Waals surface area contributed by atoms with E-state index in [9.17, 15) is 18.0 Å². The van der Waals surface area contributed by atoms with E-state index in [-0.39, 0.29) is 18.0 Å². The Hall–Kier alpha value is -2.82. The van der Waals surface area contributed by atoms with Crippen LogP contribution in [0.15, 0.2) is 54.2 Å². The average molecular weight is 491 g/mol. The largest absolute Gasteiger partial charge is 0.406 e. The highest BCUT2D eigenvalue weighted by Gasteiger charge is 2.45. The van der Waals surface area contributed by atoms with Crippen LogP contribution < -0.4 is 16.1 Å². The van der Waals surface area contributed by atoms with Crippen LogP contribution >= 0.6 is 0 Å². The highest BCUT2D eigenvalue weighted by Crippen LogP contribution is 2.45. The minimum absolute atomic E-state index is 0.203. The van der Waals surface area contributed by atoms with Crippen LogP contribution in [0.25, 0.3) is 11.1 Å². The lowest BCUT2D eigenvalue weighted by Gasteiger charge is -2.37. The minimum Gasteiger partial charge on any atom is -0.398 e. The number of nitrogens with one attached hydrogen (secondary N) is 1. The minimum atomic E-state index is -4.55. The summed E-state index contributed by atoms with van der Waals surface area (Å²) in [5.74, 6) is -0.676. The zero-order valence-electron chi connectivity index (χ0n) is 19.4. The second-order valence-corrected chi connectivity index (χ2v) is 15.4. The Morgan fingerprint density at radius 3 is 2.56 bits per heavy atom. The first-order valence-corrected chi connectivity index (χ1v) is 14.8. The summed E-state index contributed by atoms with van der Waals surface area (Å²) in [5.41, 5.74) is 12.1. The molecule has 0 saturated carbocycles. The molecule has 2 aromatic carbocycles. The molecule has 182 valence electrons. The number of hydrogen-bond acceptors (Lipinski definition) is 5. The number of carbonyl (C=O) groups excluding carboxylic acids is 1. The number of ether oxygens (including phenoxy) is 1. The Balaban J connectivity index is 1.69. The number of rotatable bonds is 7. The summed E-state index contributed by atoms with van der Waals surface area (Å²) in [5, 5.41) is 1.75. The van der Waals surface area contributed by atoms with E-state index >= 15 is 0 Å². The summed E-state index contributed by atoms with van der Waals surface area (Å²) in [6, 6.07) is 12.8. The van der Waals surface area contributed by atoms with Gasteiger partial charge in [0.05, 0.1) is 17.3 Å². The Morgan fingerprint density at radius 1 is 1.15 bits per heavy atom. The molecule has 0 saturated heterocycles. The van der Waals surface area contributed by atoms with Gasteiger partial charge in [-0.25, -0.2) is 0 Å². The number of hydrazine groups is 1. The molecule has 4 rings (SSSR count). The van der Waals surface area contributed by atoms with Gasteiger partial charge in [0.25, 0.3) is 5.91 Å². The lowest BCUT2D eigenvalue weighted by Crippen LogP contribution is -2.46. The number of alkyl halides is 3. The van der Waals surface area contributed by atoms with Gasteiger partial charge in [0.1, 0.15) is 13.3 Å². The maximum absolute atomic E-state index is 13.4. The topological polar surface area (TPSA) is 70.8 Å². The summed E-state index contributed by atoms with van der Waals surface area (Å²) < 4.78 is 46.2. The lowest BCUT2D eigenvalue weighted by atomic mass is 9.89. The predicted octanol–water partition coefficient (Wildman–Crippen LogP) is 4.90. The molecule has 6 nitrogen and oxygen atoms in total. The second kappa shape index (κ2) is 9.08. The van der Waals surface area contributed by atoms with Crippen molar-refractivity contribution in [2.75, 3.05) is 30.5 Å². The zero-order valence-corrected chi connectivity index (χ0v) is 20.4. The van der Waals surface area contributed by atoms with E-state index in [1.807, 2.05) is 12.1 Å². The SMILES string of the molecule is C[Si](C)(C)CCOCN1NC=C2C(=O)N(CC(F)(F)F)c3cc(-c4ccccc4N)ccc3C21. The van der Waals surface area contributed by atoms with Crippen molar-refractivity contribution in [1.29, 1.82) is 0 Å². The zero-order chi connectivity index (χ0) is 24.7. The molecule has 0 bridgehead atoms. The van der Waals surface area contributed by atoms with Crippen LogP contribution in [-0.4, -0.2) is 45.0 Å². The fraction of sp³-hybridized carbons (Fsp3) is 0.375. The number of nitrogen functional groups attached to an aromatic ring is 1. The lowest BCUT2D eigenvalue weighted by molar-refractivity contribution is -0.131. The first kappa shape index (κ1) is 24.3. The van der Waals surface area contributed by atoms with Crippen molar-refractivity contribution in [3.63, 3.8) is 0 Å². The average Bonchev–Trinajstić information content (AvgIpc) is 3.17. The Kier molecular flexibility index (Phi) is 6.49. The third-order valence-electron chi connectivity index (χ3n) is 5.94. The van der Waals surface area contributed by atoms with Crippen molar-refractivity contribution in [3.05, 3.63) is 59.8 Å². The number of amides is 1. The van der Waals surface area contributed by atoms with Gasteiger partial charge < -0.3 is 15.9 Å². The molecule has 2 aromatic rings. The first-order chi connectivity index (χ1) is 15.9. The third kappa shape index (κ3) is 5.13. The highest BCUT2D eigenvalue weighted by molar-refractivity contribution is 6.76. The quantitative estimate of drug-likeness (QED) is 0.328. The smallest absolute Gasteiger partial charge is 0.398 e. The van der Waals surface area contributed by atoms with Gasteiger partial charge in [-0.15, -0.1) is 0 Å². The maximum atomic E-state index is 13.4. The number of carbonyl (C=O) groups is 1. The Labute approximate surface area is 198 Å². The summed E-state index contributed by atoms with van der Waals surface area (Å²) >= 11 is 0.